The number of ether oxygens (including phenoxy) is 2. The molecule has 3 rings (SSSR count). The van der Waals surface area contributed by atoms with E-state index in [1.165, 1.54) is 10.9 Å². The van der Waals surface area contributed by atoms with Gasteiger partial charge in [0, 0.05) is 24.6 Å². The highest BCUT2D eigenvalue weighted by Crippen LogP contribution is 2.35. The van der Waals surface area contributed by atoms with Crippen LogP contribution in [0.15, 0.2) is 36.4 Å². The van der Waals surface area contributed by atoms with E-state index in [-0.39, 0.29) is 6.04 Å². The van der Waals surface area contributed by atoms with Gasteiger partial charge >= 0.3 is 0 Å². The van der Waals surface area contributed by atoms with Crippen molar-refractivity contribution in [2.45, 2.75) is 18.9 Å². The number of hydrogen-bond donors (Lipinski definition) is 1. The SMILES string of the molecule is COc1ccc([C@H](N)C2CCOCC2)c2ccccc12. The minimum Gasteiger partial charge on any atom is -0.496 e. The maximum Gasteiger partial charge on any atom is 0.126 e. The molecule has 2 aromatic rings. The van der Waals surface area contributed by atoms with E-state index in [2.05, 4.69) is 24.3 Å². The zero-order chi connectivity index (χ0) is 13.9. The highest BCUT2D eigenvalue weighted by atomic mass is 16.5. The second-order valence-electron chi connectivity index (χ2n) is 5.38. The lowest BCUT2D eigenvalue weighted by molar-refractivity contribution is 0.0585. The Morgan fingerprint density at radius 1 is 1.10 bits per heavy atom. The van der Waals surface area contributed by atoms with Gasteiger partial charge < -0.3 is 15.2 Å². The van der Waals surface area contributed by atoms with E-state index in [1.54, 1.807) is 7.11 Å². The van der Waals surface area contributed by atoms with Crippen LogP contribution in [0.1, 0.15) is 24.4 Å². The number of benzene rings is 2. The van der Waals surface area contributed by atoms with Gasteiger partial charge in [0.1, 0.15) is 5.75 Å². The molecule has 1 heterocycles. The predicted molar refractivity (Wildman–Crippen MR) is 81.0 cm³/mol. The lowest BCUT2D eigenvalue weighted by atomic mass is 9.85. The van der Waals surface area contributed by atoms with Crippen LogP contribution in [0.3, 0.4) is 0 Å². The largest absolute Gasteiger partial charge is 0.496 e. The normalized spacial score (nSPS) is 18.1. The molecule has 2 N–H and O–H groups in total. The van der Waals surface area contributed by atoms with E-state index in [4.69, 9.17) is 15.2 Å². The van der Waals surface area contributed by atoms with Crippen molar-refractivity contribution >= 4 is 10.8 Å². The third-order valence-corrected chi connectivity index (χ3v) is 4.27. The summed E-state index contributed by atoms with van der Waals surface area (Å²) >= 11 is 0. The number of rotatable bonds is 3. The molecule has 1 saturated heterocycles. The second-order valence-corrected chi connectivity index (χ2v) is 5.38. The summed E-state index contributed by atoms with van der Waals surface area (Å²) in [6.07, 6.45) is 2.09. The quantitative estimate of drug-likeness (QED) is 0.931. The van der Waals surface area contributed by atoms with Gasteiger partial charge in [-0.15, -0.1) is 0 Å². The molecular formula is C17H21NO2. The van der Waals surface area contributed by atoms with Gasteiger partial charge in [0.05, 0.1) is 7.11 Å². The van der Waals surface area contributed by atoms with E-state index in [0.717, 1.165) is 37.2 Å². The Hall–Kier alpha value is -1.58. The van der Waals surface area contributed by atoms with E-state index < -0.39 is 0 Å². The topological polar surface area (TPSA) is 44.5 Å². The summed E-state index contributed by atoms with van der Waals surface area (Å²) in [5.41, 5.74) is 7.75. The molecule has 1 aliphatic heterocycles. The molecule has 0 aromatic heterocycles. The monoisotopic (exact) mass is 271 g/mol. The van der Waals surface area contributed by atoms with Crippen LogP contribution >= 0.6 is 0 Å². The Bertz CT molecular complexity index is 591. The second kappa shape index (κ2) is 5.81. The van der Waals surface area contributed by atoms with Crippen LogP contribution in [0, 0.1) is 5.92 Å². The molecule has 106 valence electrons. The van der Waals surface area contributed by atoms with Crippen LogP contribution in [0.25, 0.3) is 10.8 Å². The van der Waals surface area contributed by atoms with Crippen LogP contribution in [0.2, 0.25) is 0 Å². The van der Waals surface area contributed by atoms with Crippen LogP contribution < -0.4 is 10.5 Å². The standard InChI is InChI=1S/C17H21NO2/c1-19-16-7-6-15(13-4-2-3-5-14(13)16)17(18)12-8-10-20-11-9-12/h2-7,12,17H,8-11,18H2,1H3/t17-/m1/s1. The van der Waals surface area contributed by atoms with Gasteiger partial charge in [-0.3, -0.25) is 0 Å². The fourth-order valence-corrected chi connectivity index (χ4v) is 3.09. The molecule has 1 aliphatic rings. The van der Waals surface area contributed by atoms with E-state index in [1.807, 2.05) is 12.1 Å². The van der Waals surface area contributed by atoms with Gasteiger partial charge in [-0.25, -0.2) is 0 Å². The van der Waals surface area contributed by atoms with Crippen molar-refractivity contribution in [2.24, 2.45) is 11.7 Å². The minimum atomic E-state index is 0.0645. The molecule has 0 radical (unpaired) electrons. The van der Waals surface area contributed by atoms with Crippen molar-refractivity contribution < 1.29 is 9.47 Å². The predicted octanol–water partition coefficient (Wildman–Crippen LogP) is 3.27. The van der Waals surface area contributed by atoms with Crippen LogP contribution in [0.4, 0.5) is 0 Å². The first-order valence-electron chi connectivity index (χ1n) is 7.20. The average Bonchev–Trinajstić information content (AvgIpc) is 2.54. The van der Waals surface area contributed by atoms with Crippen LogP contribution in [-0.2, 0) is 4.74 Å². The first kappa shape index (κ1) is 13.4. The Labute approximate surface area is 119 Å². The van der Waals surface area contributed by atoms with Crippen molar-refractivity contribution in [2.75, 3.05) is 20.3 Å². The Morgan fingerprint density at radius 3 is 2.50 bits per heavy atom. The molecule has 20 heavy (non-hydrogen) atoms. The first-order valence-corrected chi connectivity index (χ1v) is 7.20. The lowest BCUT2D eigenvalue weighted by Crippen LogP contribution is -2.27. The zero-order valence-corrected chi connectivity index (χ0v) is 11.8. The zero-order valence-electron chi connectivity index (χ0n) is 11.8. The number of methoxy groups -OCH3 is 1. The average molecular weight is 271 g/mol. The van der Waals surface area contributed by atoms with Gasteiger partial charge in [-0.05, 0) is 35.8 Å². The molecule has 0 unspecified atom stereocenters. The minimum absolute atomic E-state index is 0.0645. The fraction of sp³-hybridized carbons (Fsp3) is 0.412. The number of hydrogen-bond acceptors (Lipinski definition) is 3. The van der Waals surface area contributed by atoms with Gasteiger partial charge in [-0.1, -0.05) is 30.3 Å². The third kappa shape index (κ3) is 2.39. The highest BCUT2D eigenvalue weighted by molar-refractivity contribution is 5.91. The van der Waals surface area contributed by atoms with E-state index in [0.29, 0.717) is 5.92 Å². The summed E-state index contributed by atoms with van der Waals surface area (Å²) in [5, 5.41) is 2.33. The van der Waals surface area contributed by atoms with Crippen molar-refractivity contribution in [3.05, 3.63) is 42.0 Å². The number of fused-ring (bicyclic) bond motifs is 1. The van der Waals surface area contributed by atoms with E-state index in [9.17, 15) is 0 Å². The van der Waals surface area contributed by atoms with Crippen molar-refractivity contribution in [3.8, 4) is 5.75 Å². The van der Waals surface area contributed by atoms with Gasteiger partial charge in [0.15, 0.2) is 0 Å². The third-order valence-electron chi connectivity index (χ3n) is 4.27. The Morgan fingerprint density at radius 2 is 1.80 bits per heavy atom. The molecule has 0 aliphatic carbocycles. The Kier molecular flexibility index (Phi) is 3.90. The molecule has 3 nitrogen and oxygen atoms in total. The molecule has 0 saturated carbocycles. The maximum absolute atomic E-state index is 6.53. The van der Waals surface area contributed by atoms with Gasteiger partial charge in [-0.2, -0.15) is 0 Å². The summed E-state index contributed by atoms with van der Waals surface area (Å²) in [5.74, 6) is 1.41. The fourth-order valence-electron chi connectivity index (χ4n) is 3.09. The molecular weight excluding hydrogens is 250 g/mol. The van der Waals surface area contributed by atoms with Crippen LogP contribution in [0.5, 0.6) is 5.75 Å². The summed E-state index contributed by atoms with van der Waals surface area (Å²) in [7, 11) is 1.71. The molecule has 1 fully saturated rings. The molecule has 0 bridgehead atoms. The highest BCUT2D eigenvalue weighted by Gasteiger charge is 2.24. The van der Waals surface area contributed by atoms with Crippen molar-refractivity contribution in [1.29, 1.82) is 0 Å². The van der Waals surface area contributed by atoms with Crippen molar-refractivity contribution in [3.63, 3.8) is 0 Å². The summed E-state index contributed by atoms with van der Waals surface area (Å²) in [4.78, 5) is 0. The molecule has 3 heteroatoms. The number of nitrogens with two attached hydrogens (primary N) is 1. The molecule has 2 aromatic carbocycles. The molecule has 0 spiro atoms. The van der Waals surface area contributed by atoms with Gasteiger partial charge in [0.25, 0.3) is 0 Å². The maximum atomic E-state index is 6.53. The Balaban J connectivity index is 2.02. The van der Waals surface area contributed by atoms with Crippen LogP contribution in [-0.4, -0.2) is 20.3 Å². The van der Waals surface area contributed by atoms with Crippen molar-refractivity contribution in [1.82, 2.24) is 0 Å². The molecule has 0 amide bonds. The summed E-state index contributed by atoms with van der Waals surface area (Å²) in [6, 6.07) is 12.5. The van der Waals surface area contributed by atoms with Gasteiger partial charge in [0.2, 0.25) is 0 Å². The molecule has 1 atom stereocenters. The lowest BCUT2D eigenvalue weighted by Gasteiger charge is -2.28. The van der Waals surface area contributed by atoms with E-state index >= 15 is 0 Å². The summed E-state index contributed by atoms with van der Waals surface area (Å²) < 4.78 is 10.9. The first-order chi connectivity index (χ1) is 9.81. The smallest absolute Gasteiger partial charge is 0.126 e. The summed E-state index contributed by atoms with van der Waals surface area (Å²) in [6.45, 7) is 1.65.